The van der Waals surface area contributed by atoms with E-state index in [9.17, 15) is 8.42 Å². The summed E-state index contributed by atoms with van der Waals surface area (Å²) in [6.07, 6.45) is 2.02. The van der Waals surface area contributed by atoms with E-state index in [0.717, 1.165) is 24.9 Å². The number of benzene rings is 1. The largest absolute Gasteiger partial charge is 0.316 e. The Kier molecular flexibility index (Phi) is 5.46. The molecule has 0 amide bonds. The molecule has 1 saturated heterocycles. The fourth-order valence-corrected chi connectivity index (χ4v) is 5.68. The quantitative estimate of drug-likeness (QED) is 0.880. The van der Waals surface area contributed by atoms with Crippen LogP contribution in [0, 0.1) is 5.92 Å². The van der Waals surface area contributed by atoms with E-state index in [1.165, 1.54) is 0 Å². The van der Waals surface area contributed by atoms with Gasteiger partial charge in [-0.3, -0.25) is 0 Å². The van der Waals surface area contributed by atoms with Crippen LogP contribution in [0.15, 0.2) is 27.6 Å². The molecule has 1 aromatic rings. The van der Waals surface area contributed by atoms with E-state index < -0.39 is 10.0 Å². The molecule has 1 aliphatic heterocycles. The van der Waals surface area contributed by atoms with Gasteiger partial charge in [0.1, 0.15) is 0 Å². The standard InChI is InChI=1S/C15H23BrN2O2S/c1-11-5-4-8-18(12(11)2)21(19,20)15-7-6-13(10-17-3)9-14(15)16/h6-7,9,11-12,17H,4-5,8,10H2,1-3H3. The van der Waals surface area contributed by atoms with Crippen molar-refractivity contribution in [1.29, 1.82) is 0 Å². The Balaban J connectivity index is 2.35. The SMILES string of the molecule is CNCc1ccc(S(=O)(=O)N2CCCC(C)C2C)c(Br)c1. The van der Waals surface area contributed by atoms with Gasteiger partial charge in [-0.25, -0.2) is 8.42 Å². The number of nitrogens with zero attached hydrogens (tertiary/aromatic N) is 1. The molecule has 4 nitrogen and oxygen atoms in total. The molecule has 2 rings (SSSR count). The molecule has 0 aliphatic carbocycles. The maximum absolute atomic E-state index is 12.9. The lowest BCUT2D eigenvalue weighted by atomic mass is 9.94. The molecule has 0 spiro atoms. The van der Waals surface area contributed by atoms with Crippen molar-refractivity contribution in [2.75, 3.05) is 13.6 Å². The summed E-state index contributed by atoms with van der Waals surface area (Å²) >= 11 is 3.42. The highest BCUT2D eigenvalue weighted by Crippen LogP contribution is 2.32. The van der Waals surface area contributed by atoms with Crippen LogP contribution in [0.1, 0.15) is 32.3 Å². The molecule has 0 bridgehead atoms. The molecule has 118 valence electrons. The fraction of sp³-hybridized carbons (Fsp3) is 0.600. The van der Waals surface area contributed by atoms with E-state index in [2.05, 4.69) is 28.2 Å². The average molecular weight is 375 g/mol. The van der Waals surface area contributed by atoms with Crippen LogP contribution in [0.4, 0.5) is 0 Å². The molecule has 0 aromatic heterocycles. The maximum Gasteiger partial charge on any atom is 0.244 e. The first-order chi connectivity index (χ1) is 9.87. The summed E-state index contributed by atoms with van der Waals surface area (Å²) in [6.45, 7) is 5.46. The second-order valence-corrected chi connectivity index (χ2v) is 8.48. The van der Waals surface area contributed by atoms with Crippen LogP contribution in [0.5, 0.6) is 0 Å². The van der Waals surface area contributed by atoms with Crippen LogP contribution < -0.4 is 5.32 Å². The monoisotopic (exact) mass is 374 g/mol. The molecular formula is C15H23BrN2O2S. The maximum atomic E-state index is 12.9. The number of sulfonamides is 1. The third-order valence-corrected chi connectivity index (χ3v) is 7.24. The van der Waals surface area contributed by atoms with Crippen LogP contribution in [-0.2, 0) is 16.6 Å². The van der Waals surface area contributed by atoms with Gasteiger partial charge in [-0.15, -0.1) is 0 Å². The Hall–Kier alpha value is -0.430. The smallest absolute Gasteiger partial charge is 0.244 e. The third-order valence-electron chi connectivity index (χ3n) is 4.28. The highest BCUT2D eigenvalue weighted by Gasteiger charge is 2.35. The Morgan fingerprint density at radius 3 is 2.71 bits per heavy atom. The highest BCUT2D eigenvalue weighted by molar-refractivity contribution is 9.10. The van der Waals surface area contributed by atoms with Gasteiger partial charge in [0.15, 0.2) is 0 Å². The van der Waals surface area contributed by atoms with Gasteiger partial charge in [0.2, 0.25) is 10.0 Å². The Morgan fingerprint density at radius 1 is 1.38 bits per heavy atom. The molecule has 21 heavy (non-hydrogen) atoms. The molecular weight excluding hydrogens is 352 g/mol. The molecule has 1 aromatic carbocycles. The van der Waals surface area contributed by atoms with Gasteiger partial charge in [-0.05, 0) is 66.4 Å². The number of piperidine rings is 1. The minimum absolute atomic E-state index is 0.0487. The van der Waals surface area contributed by atoms with Crippen molar-refractivity contribution in [2.45, 2.75) is 44.2 Å². The van der Waals surface area contributed by atoms with E-state index in [1.807, 2.05) is 26.1 Å². The molecule has 1 fully saturated rings. The molecule has 1 aliphatic rings. The van der Waals surface area contributed by atoms with Gasteiger partial charge in [-0.1, -0.05) is 13.0 Å². The molecule has 0 radical (unpaired) electrons. The van der Waals surface area contributed by atoms with Gasteiger partial charge in [0.25, 0.3) is 0 Å². The van der Waals surface area contributed by atoms with Crippen LogP contribution in [0.2, 0.25) is 0 Å². The van der Waals surface area contributed by atoms with Crippen molar-refractivity contribution in [3.63, 3.8) is 0 Å². The zero-order chi connectivity index (χ0) is 15.6. The van der Waals surface area contributed by atoms with Gasteiger partial charge in [-0.2, -0.15) is 4.31 Å². The lowest BCUT2D eigenvalue weighted by molar-refractivity contribution is 0.202. The molecule has 1 N–H and O–H groups in total. The summed E-state index contributed by atoms with van der Waals surface area (Å²) in [5.41, 5.74) is 1.06. The summed E-state index contributed by atoms with van der Waals surface area (Å²) < 4.78 is 28.1. The average Bonchev–Trinajstić information content (AvgIpc) is 2.42. The summed E-state index contributed by atoms with van der Waals surface area (Å²) in [5, 5.41) is 3.06. The van der Waals surface area contributed by atoms with E-state index in [-0.39, 0.29) is 6.04 Å². The Morgan fingerprint density at radius 2 is 2.10 bits per heavy atom. The summed E-state index contributed by atoms with van der Waals surface area (Å²) in [6, 6.07) is 5.50. The van der Waals surface area contributed by atoms with Gasteiger partial charge < -0.3 is 5.32 Å². The van der Waals surface area contributed by atoms with Crippen LogP contribution in [-0.4, -0.2) is 32.4 Å². The first-order valence-electron chi connectivity index (χ1n) is 7.32. The number of halogens is 1. The zero-order valence-corrected chi connectivity index (χ0v) is 15.2. The second kappa shape index (κ2) is 6.77. The minimum Gasteiger partial charge on any atom is -0.316 e. The fourth-order valence-electron chi connectivity index (χ4n) is 2.83. The van der Waals surface area contributed by atoms with Gasteiger partial charge in [0.05, 0.1) is 4.90 Å². The minimum atomic E-state index is -3.44. The van der Waals surface area contributed by atoms with E-state index in [4.69, 9.17) is 0 Å². The van der Waals surface area contributed by atoms with Gasteiger partial charge >= 0.3 is 0 Å². The molecule has 6 heteroatoms. The Labute approximate surface area is 136 Å². The van der Waals surface area contributed by atoms with Crippen LogP contribution >= 0.6 is 15.9 Å². The highest BCUT2D eigenvalue weighted by atomic mass is 79.9. The van der Waals surface area contributed by atoms with Crippen molar-refractivity contribution < 1.29 is 8.42 Å². The van der Waals surface area contributed by atoms with E-state index in [1.54, 1.807) is 10.4 Å². The second-order valence-electron chi connectivity index (χ2n) is 5.77. The van der Waals surface area contributed by atoms with Crippen molar-refractivity contribution >= 4 is 26.0 Å². The van der Waals surface area contributed by atoms with Gasteiger partial charge in [0, 0.05) is 23.6 Å². The van der Waals surface area contributed by atoms with E-state index in [0.29, 0.717) is 21.8 Å². The number of hydrogen-bond acceptors (Lipinski definition) is 3. The Bertz CT molecular complexity index is 604. The van der Waals surface area contributed by atoms with Crippen molar-refractivity contribution in [2.24, 2.45) is 5.92 Å². The topological polar surface area (TPSA) is 49.4 Å². The number of rotatable bonds is 4. The number of hydrogen-bond donors (Lipinski definition) is 1. The molecule has 2 unspecified atom stereocenters. The zero-order valence-electron chi connectivity index (χ0n) is 12.8. The summed E-state index contributed by atoms with van der Waals surface area (Å²) in [4.78, 5) is 0.364. The van der Waals surface area contributed by atoms with E-state index >= 15 is 0 Å². The predicted octanol–water partition coefficient (Wildman–Crippen LogP) is 2.98. The third kappa shape index (κ3) is 3.50. The van der Waals surface area contributed by atoms with Crippen LogP contribution in [0.25, 0.3) is 0 Å². The molecule has 2 atom stereocenters. The summed E-state index contributed by atoms with van der Waals surface area (Å²) in [7, 11) is -1.57. The van der Waals surface area contributed by atoms with Crippen molar-refractivity contribution in [1.82, 2.24) is 9.62 Å². The molecule has 1 heterocycles. The molecule has 0 saturated carbocycles. The lowest BCUT2D eigenvalue weighted by Crippen LogP contribution is -2.45. The lowest BCUT2D eigenvalue weighted by Gasteiger charge is -2.37. The first-order valence-corrected chi connectivity index (χ1v) is 9.56. The van der Waals surface area contributed by atoms with Crippen molar-refractivity contribution in [3.05, 3.63) is 28.2 Å². The predicted molar refractivity (Wildman–Crippen MR) is 88.7 cm³/mol. The van der Waals surface area contributed by atoms with Crippen LogP contribution in [0.3, 0.4) is 0 Å². The number of nitrogens with one attached hydrogen (secondary N) is 1. The first kappa shape index (κ1) is 16.9. The van der Waals surface area contributed by atoms with Crippen molar-refractivity contribution in [3.8, 4) is 0 Å². The summed E-state index contributed by atoms with van der Waals surface area (Å²) in [5.74, 6) is 0.399. The normalized spacial score (nSPS) is 24.2.